The van der Waals surface area contributed by atoms with Crippen LogP contribution in [0.4, 0.5) is 0 Å². The molecule has 0 amide bonds. The molecule has 0 spiro atoms. The molecule has 1 nitrogen and oxygen atoms in total. The Hall–Kier alpha value is -0.646. The first-order chi connectivity index (χ1) is 10.6. The van der Waals surface area contributed by atoms with Gasteiger partial charge in [-0.15, -0.1) is 0 Å². The highest BCUT2D eigenvalue weighted by molar-refractivity contribution is 6.93. The van der Waals surface area contributed by atoms with Crippen LogP contribution in [0.25, 0.3) is 6.08 Å². The van der Waals surface area contributed by atoms with Crippen LogP contribution >= 0.6 is 0 Å². The van der Waals surface area contributed by atoms with E-state index in [1.165, 1.54) is 11.1 Å². The molecule has 136 valence electrons. The summed E-state index contributed by atoms with van der Waals surface area (Å²) in [5.74, 6) is 0. The van der Waals surface area contributed by atoms with Crippen molar-refractivity contribution in [1.82, 2.24) is 4.23 Å². The summed E-state index contributed by atoms with van der Waals surface area (Å²) in [4.78, 5) is 0. The predicted molar refractivity (Wildman–Crippen MR) is 116 cm³/mol. The number of nitrogens with zero attached hydrogens (tertiary/aromatic N) is 1. The van der Waals surface area contributed by atoms with Gasteiger partial charge in [0.1, 0.15) is 16.5 Å². The zero-order valence-corrected chi connectivity index (χ0v) is 19.7. The Kier molecular flexibility index (Phi) is 6.18. The number of hydrogen-bond donors (Lipinski definition) is 0. The zero-order valence-electron chi connectivity index (χ0n) is 17.7. The molecule has 0 fully saturated rings. The maximum absolute atomic E-state index is 3.87. The highest BCUT2D eigenvalue weighted by Crippen LogP contribution is 2.47. The molecule has 0 N–H and O–H groups in total. The molecule has 1 rings (SSSR count). The number of hydrogen-bond acceptors (Lipinski definition) is 1. The van der Waals surface area contributed by atoms with Crippen LogP contribution < -0.4 is 0 Å². The SMILES string of the molecule is C=Cc1ccc(CN([Si](C)(C)C(C)(C)C)[Si](C)(C)C(C)(C)C)cc1. The van der Waals surface area contributed by atoms with Gasteiger partial charge >= 0.3 is 0 Å². The molecule has 0 unspecified atom stereocenters. The molecule has 0 atom stereocenters. The average Bonchev–Trinajstić information content (AvgIpc) is 2.42. The Morgan fingerprint density at radius 1 is 0.833 bits per heavy atom. The predicted octanol–water partition coefficient (Wildman–Crippen LogP) is 7.14. The lowest BCUT2D eigenvalue weighted by Crippen LogP contribution is -2.67. The molecule has 0 radical (unpaired) electrons. The summed E-state index contributed by atoms with van der Waals surface area (Å²) in [6.07, 6.45) is 1.92. The van der Waals surface area contributed by atoms with Gasteiger partial charge in [0.15, 0.2) is 0 Å². The monoisotopic (exact) mass is 361 g/mol. The van der Waals surface area contributed by atoms with Gasteiger partial charge in [0.05, 0.1) is 0 Å². The van der Waals surface area contributed by atoms with Crippen LogP contribution in [0.1, 0.15) is 52.7 Å². The third kappa shape index (κ3) is 4.30. The van der Waals surface area contributed by atoms with Gasteiger partial charge in [-0.2, -0.15) is 0 Å². The summed E-state index contributed by atoms with van der Waals surface area (Å²) >= 11 is 0. The summed E-state index contributed by atoms with van der Waals surface area (Å²) in [6.45, 7) is 29.8. The smallest absolute Gasteiger partial charge is 0.121 e. The highest BCUT2D eigenvalue weighted by atomic mass is 28.4. The van der Waals surface area contributed by atoms with E-state index >= 15 is 0 Å². The molecule has 0 aliphatic rings. The van der Waals surface area contributed by atoms with E-state index < -0.39 is 16.5 Å². The van der Waals surface area contributed by atoms with Gasteiger partial charge in [-0.3, -0.25) is 0 Å². The summed E-state index contributed by atoms with van der Waals surface area (Å²) in [7, 11) is -3.22. The van der Waals surface area contributed by atoms with Gasteiger partial charge in [0.2, 0.25) is 0 Å². The van der Waals surface area contributed by atoms with E-state index in [2.05, 4.69) is 103 Å². The third-order valence-corrected chi connectivity index (χ3v) is 20.3. The Labute approximate surface area is 153 Å². The largest absolute Gasteiger partial charge is 0.341 e. The Bertz CT molecular complexity index is 531. The van der Waals surface area contributed by atoms with E-state index in [-0.39, 0.29) is 0 Å². The number of rotatable bonds is 5. The van der Waals surface area contributed by atoms with Crippen LogP contribution in [0, 0.1) is 0 Å². The second kappa shape index (κ2) is 6.93. The van der Waals surface area contributed by atoms with Gasteiger partial charge in [-0.1, -0.05) is 105 Å². The van der Waals surface area contributed by atoms with Crippen LogP contribution in [0.5, 0.6) is 0 Å². The van der Waals surface area contributed by atoms with E-state index in [1.54, 1.807) is 0 Å². The molecule has 24 heavy (non-hydrogen) atoms. The van der Waals surface area contributed by atoms with Crippen molar-refractivity contribution in [2.24, 2.45) is 0 Å². The van der Waals surface area contributed by atoms with Crippen molar-refractivity contribution in [1.29, 1.82) is 0 Å². The van der Waals surface area contributed by atoms with Crippen molar-refractivity contribution in [3.63, 3.8) is 0 Å². The normalized spacial score (nSPS) is 14.1. The Morgan fingerprint density at radius 2 is 1.21 bits per heavy atom. The molecule has 0 saturated carbocycles. The standard InChI is InChI=1S/C21H39NSi2/c1-12-18-13-15-19(16-14-18)17-22(23(8,9)20(2,3)4)24(10,11)21(5,6)7/h12-16H,1,17H2,2-11H3. The minimum absolute atomic E-state index is 0.351. The molecular weight excluding hydrogens is 322 g/mol. The fraction of sp³-hybridized carbons (Fsp3) is 0.619. The van der Waals surface area contributed by atoms with Crippen molar-refractivity contribution >= 4 is 22.5 Å². The average molecular weight is 362 g/mol. The van der Waals surface area contributed by atoms with Gasteiger partial charge < -0.3 is 4.23 Å². The molecule has 0 heterocycles. The fourth-order valence-electron chi connectivity index (χ4n) is 2.85. The van der Waals surface area contributed by atoms with Crippen LogP contribution in [0.15, 0.2) is 30.8 Å². The van der Waals surface area contributed by atoms with Crippen molar-refractivity contribution in [3.8, 4) is 0 Å². The molecule has 1 aromatic carbocycles. The first-order valence-corrected chi connectivity index (χ1v) is 15.0. The molecule has 0 aliphatic carbocycles. The highest BCUT2D eigenvalue weighted by Gasteiger charge is 2.51. The maximum atomic E-state index is 3.87. The fourth-order valence-corrected chi connectivity index (χ4v) is 13.2. The lowest BCUT2D eigenvalue weighted by molar-refractivity contribution is 0.508. The Morgan fingerprint density at radius 3 is 1.50 bits per heavy atom. The van der Waals surface area contributed by atoms with E-state index in [1.807, 2.05) is 6.08 Å². The minimum Gasteiger partial charge on any atom is -0.341 e. The molecular formula is C21H39NSi2. The quantitative estimate of drug-likeness (QED) is 0.504. The first-order valence-electron chi connectivity index (χ1n) is 9.14. The van der Waals surface area contributed by atoms with E-state index in [9.17, 15) is 0 Å². The Balaban J connectivity index is 3.35. The van der Waals surface area contributed by atoms with E-state index in [4.69, 9.17) is 0 Å². The molecule has 1 aromatic rings. The topological polar surface area (TPSA) is 3.24 Å². The summed E-state index contributed by atoms with van der Waals surface area (Å²) in [5, 5.41) is 0.702. The summed E-state index contributed by atoms with van der Waals surface area (Å²) in [5.41, 5.74) is 2.63. The van der Waals surface area contributed by atoms with Gasteiger partial charge in [0, 0.05) is 6.54 Å². The van der Waals surface area contributed by atoms with Gasteiger partial charge in [-0.25, -0.2) is 0 Å². The molecule has 3 heteroatoms. The van der Waals surface area contributed by atoms with Gasteiger partial charge in [0.25, 0.3) is 0 Å². The molecule has 0 saturated heterocycles. The van der Waals surface area contributed by atoms with Crippen LogP contribution in [0.3, 0.4) is 0 Å². The van der Waals surface area contributed by atoms with E-state index in [0.29, 0.717) is 10.1 Å². The second-order valence-electron chi connectivity index (χ2n) is 10.1. The van der Waals surface area contributed by atoms with Crippen molar-refractivity contribution in [3.05, 3.63) is 42.0 Å². The third-order valence-electron chi connectivity index (χ3n) is 6.58. The summed E-state index contributed by atoms with van der Waals surface area (Å²) < 4.78 is 2.98. The van der Waals surface area contributed by atoms with Crippen molar-refractivity contribution in [2.75, 3.05) is 0 Å². The van der Waals surface area contributed by atoms with E-state index in [0.717, 1.165) is 6.54 Å². The number of benzene rings is 1. The molecule has 0 bridgehead atoms. The maximum Gasteiger partial charge on any atom is 0.121 e. The van der Waals surface area contributed by atoms with Gasteiger partial charge in [-0.05, 0) is 21.2 Å². The molecule has 0 aliphatic heterocycles. The first kappa shape index (κ1) is 21.4. The van der Waals surface area contributed by atoms with Crippen LogP contribution in [0.2, 0.25) is 36.3 Å². The zero-order chi connectivity index (χ0) is 19.0. The lowest BCUT2D eigenvalue weighted by Gasteiger charge is -2.57. The van der Waals surface area contributed by atoms with Crippen LogP contribution in [-0.2, 0) is 6.54 Å². The minimum atomic E-state index is -1.61. The molecule has 0 aromatic heterocycles. The van der Waals surface area contributed by atoms with Crippen molar-refractivity contribution in [2.45, 2.75) is 84.4 Å². The van der Waals surface area contributed by atoms with Crippen LogP contribution in [-0.4, -0.2) is 20.7 Å². The second-order valence-corrected chi connectivity index (χ2v) is 20.9. The summed E-state index contributed by atoms with van der Waals surface area (Å²) in [6, 6.07) is 8.95. The lowest BCUT2D eigenvalue weighted by atomic mass is 10.1. The van der Waals surface area contributed by atoms with Crippen molar-refractivity contribution < 1.29 is 0 Å².